The normalized spacial score (nSPS) is 34.7. The third kappa shape index (κ3) is 1.50. The number of allylic oxidation sites excluding steroid dienone is 1. The van der Waals surface area contributed by atoms with Gasteiger partial charge in [-0.15, -0.1) is 0 Å². The van der Waals surface area contributed by atoms with Crippen LogP contribution in [0.5, 0.6) is 0 Å². The highest BCUT2D eigenvalue weighted by atomic mass is 16.5. The third-order valence-corrected chi connectivity index (χ3v) is 1.96. The summed E-state index contributed by atoms with van der Waals surface area (Å²) in [7, 11) is 3.11. The number of ether oxygens (including phenoxy) is 2. The van der Waals surface area contributed by atoms with Crippen molar-refractivity contribution in [1.82, 2.24) is 0 Å². The van der Waals surface area contributed by atoms with Gasteiger partial charge in [0.2, 0.25) is 0 Å². The molecule has 0 saturated carbocycles. The van der Waals surface area contributed by atoms with Gasteiger partial charge in [0, 0.05) is 7.11 Å². The summed E-state index contributed by atoms with van der Waals surface area (Å²) in [4.78, 5) is 0. The lowest BCUT2D eigenvalue weighted by atomic mass is 9.99. The van der Waals surface area contributed by atoms with E-state index in [2.05, 4.69) is 0 Å². The number of nitrogens with two attached hydrogens (primary N) is 2. The quantitative estimate of drug-likeness (QED) is 0.559. The molecule has 0 radical (unpaired) electrons. The van der Waals surface area contributed by atoms with E-state index in [0.29, 0.717) is 5.76 Å². The van der Waals surface area contributed by atoms with Crippen molar-refractivity contribution in [3.8, 4) is 0 Å². The molecule has 12 heavy (non-hydrogen) atoms. The maximum atomic E-state index is 5.78. The molecule has 0 heterocycles. The first-order valence-corrected chi connectivity index (χ1v) is 3.67. The zero-order chi connectivity index (χ0) is 9.19. The minimum atomic E-state index is -0.901. The number of hydrogen-bond acceptors (Lipinski definition) is 4. The molecule has 0 spiro atoms. The van der Waals surface area contributed by atoms with E-state index in [9.17, 15) is 0 Å². The molecule has 2 atom stereocenters. The molecule has 1 aliphatic carbocycles. The maximum absolute atomic E-state index is 5.78. The Morgan fingerprint density at radius 3 is 2.58 bits per heavy atom. The number of hydrogen-bond donors (Lipinski definition) is 2. The molecule has 0 amide bonds. The van der Waals surface area contributed by atoms with E-state index in [1.165, 1.54) is 7.11 Å². The lowest BCUT2D eigenvalue weighted by molar-refractivity contribution is 0.0245. The van der Waals surface area contributed by atoms with Crippen LogP contribution in [0.1, 0.15) is 0 Å². The average Bonchev–Trinajstić information content (AvgIpc) is 2.10. The number of methoxy groups -OCH3 is 2. The first kappa shape index (κ1) is 9.25. The van der Waals surface area contributed by atoms with Crippen molar-refractivity contribution in [2.24, 2.45) is 11.5 Å². The van der Waals surface area contributed by atoms with E-state index in [0.717, 1.165) is 0 Å². The second-order valence-corrected chi connectivity index (χ2v) is 2.69. The van der Waals surface area contributed by atoms with Crippen molar-refractivity contribution in [3.63, 3.8) is 0 Å². The van der Waals surface area contributed by atoms with Crippen LogP contribution >= 0.6 is 0 Å². The summed E-state index contributed by atoms with van der Waals surface area (Å²) in [5, 5.41) is 0. The molecular weight excluding hydrogens is 156 g/mol. The van der Waals surface area contributed by atoms with Gasteiger partial charge >= 0.3 is 0 Å². The minimum absolute atomic E-state index is 0.373. The fraction of sp³-hybridized carbons (Fsp3) is 0.500. The highest BCUT2D eigenvalue weighted by molar-refractivity contribution is 5.27. The first-order chi connectivity index (χ1) is 5.62. The number of rotatable bonds is 2. The molecule has 1 aliphatic rings. The molecule has 4 nitrogen and oxygen atoms in total. The highest BCUT2D eigenvalue weighted by Crippen LogP contribution is 2.18. The maximum Gasteiger partial charge on any atom is 0.154 e. The molecule has 2 unspecified atom stereocenters. The van der Waals surface area contributed by atoms with E-state index in [1.807, 2.05) is 0 Å². The summed E-state index contributed by atoms with van der Waals surface area (Å²) in [5.74, 6) is 0.709. The van der Waals surface area contributed by atoms with E-state index in [4.69, 9.17) is 20.9 Å². The molecular formula is C8H14N2O2. The van der Waals surface area contributed by atoms with Crippen molar-refractivity contribution in [2.75, 3.05) is 14.2 Å². The second-order valence-electron chi connectivity index (χ2n) is 2.69. The Morgan fingerprint density at radius 2 is 2.17 bits per heavy atom. The van der Waals surface area contributed by atoms with Crippen LogP contribution in [0.25, 0.3) is 0 Å². The fourth-order valence-corrected chi connectivity index (χ4v) is 1.03. The molecule has 0 saturated heterocycles. The molecule has 0 aromatic carbocycles. The van der Waals surface area contributed by atoms with Crippen molar-refractivity contribution >= 4 is 0 Å². The zero-order valence-corrected chi connectivity index (χ0v) is 7.28. The molecule has 0 aromatic heterocycles. The summed E-state index contributed by atoms with van der Waals surface area (Å²) in [6.45, 7) is 0. The molecule has 1 rings (SSSR count). The summed E-state index contributed by atoms with van der Waals surface area (Å²) < 4.78 is 10.0. The Bertz CT molecular complexity index is 225. The van der Waals surface area contributed by atoms with Gasteiger partial charge in [-0.1, -0.05) is 0 Å². The molecule has 68 valence electrons. The predicted octanol–water partition coefficient (Wildman–Crippen LogP) is -0.285. The van der Waals surface area contributed by atoms with Crippen molar-refractivity contribution in [3.05, 3.63) is 24.0 Å². The topological polar surface area (TPSA) is 70.5 Å². The van der Waals surface area contributed by atoms with Gasteiger partial charge in [0.25, 0.3) is 0 Å². The first-order valence-electron chi connectivity index (χ1n) is 3.67. The monoisotopic (exact) mass is 170 g/mol. The SMILES string of the molecule is COC1=CC(N)C(N)(OC)C=C1. The van der Waals surface area contributed by atoms with Crippen molar-refractivity contribution < 1.29 is 9.47 Å². The summed E-state index contributed by atoms with van der Waals surface area (Å²) in [5.41, 5.74) is 10.6. The van der Waals surface area contributed by atoms with E-state index in [-0.39, 0.29) is 6.04 Å². The smallest absolute Gasteiger partial charge is 0.154 e. The highest BCUT2D eigenvalue weighted by Gasteiger charge is 2.31. The van der Waals surface area contributed by atoms with Gasteiger partial charge in [-0.2, -0.15) is 0 Å². The molecule has 4 heteroatoms. The lowest BCUT2D eigenvalue weighted by Gasteiger charge is -2.31. The lowest BCUT2D eigenvalue weighted by Crippen LogP contribution is -2.55. The molecule has 0 aliphatic heterocycles. The van der Waals surface area contributed by atoms with Gasteiger partial charge in [-0.3, -0.25) is 5.73 Å². The summed E-state index contributed by atoms with van der Waals surface area (Å²) in [6.07, 6.45) is 5.16. The van der Waals surface area contributed by atoms with Gasteiger partial charge < -0.3 is 15.2 Å². The van der Waals surface area contributed by atoms with Crippen LogP contribution in [0.15, 0.2) is 24.0 Å². The zero-order valence-electron chi connectivity index (χ0n) is 7.28. The van der Waals surface area contributed by atoms with Gasteiger partial charge in [-0.05, 0) is 18.2 Å². The summed E-state index contributed by atoms with van der Waals surface area (Å²) in [6, 6.07) is -0.373. The molecule has 0 bridgehead atoms. The van der Waals surface area contributed by atoms with Gasteiger partial charge in [0.1, 0.15) is 5.76 Å². The second kappa shape index (κ2) is 3.26. The minimum Gasteiger partial charge on any atom is -0.497 e. The van der Waals surface area contributed by atoms with Crippen LogP contribution in [0.4, 0.5) is 0 Å². The third-order valence-electron chi connectivity index (χ3n) is 1.96. The Labute approximate surface area is 71.8 Å². The van der Waals surface area contributed by atoms with Crippen LogP contribution in [0.3, 0.4) is 0 Å². The largest absolute Gasteiger partial charge is 0.497 e. The van der Waals surface area contributed by atoms with Gasteiger partial charge in [0.15, 0.2) is 5.72 Å². The van der Waals surface area contributed by atoms with Crippen LogP contribution in [-0.2, 0) is 9.47 Å². The molecule has 0 fully saturated rings. The predicted molar refractivity (Wildman–Crippen MR) is 46.1 cm³/mol. The Morgan fingerprint density at radius 1 is 1.50 bits per heavy atom. The van der Waals surface area contributed by atoms with Crippen LogP contribution in [0, 0.1) is 0 Å². The Kier molecular flexibility index (Phi) is 2.52. The standard InChI is InChI=1S/C8H14N2O2/c1-11-6-3-4-8(10,12-2)7(9)5-6/h3-5,7H,9-10H2,1-2H3. The van der Waals surface area contributed by atoms with Crippen LogP contribution in [-0.4, -0.2) is 26.0 Å². The van der Waals surface area contributed by atoms with Gasteiger partial charge in [-0.25, -0.2) is 0 Å². The van der Waals surface area contributed by atoms with Crippen LogP contribution < -0.4 is 11.5 Å². The van der Waals surface area contributed by atoms with E-state index >= 15 is 0 Å². The van der Waals surface area contributed by atoms with Crippen LogP contribution in [0.2, 0.25) is 0 Å². The average molecular weight is 170 g/mol. The Balaban J connectivity index is 2.81. The molecule has 4 N–H and O–H groups in total. The Hall–Kier alpha value is -0.840. The van der Waals surface area contributed by atoms with E-state index < -0.39 is 5.72 Å². The summed E-state index contributed by atoms with van der Waals surface area (Å²) >= 11 is 0. The van der Waals surface area contributed by atoms with Crippen molar-refractivity contribution in [1.29, 1.82) is 0 Å². The molecule has 0 aromatic rings. The van der Waals surface area contributed by atoms with Gasteiger partial charge in [0.05, 0.1) is 13.2 Å². The van der Waals surface area contributed by atoms with E-state index in [1.54, 1.807) is 25.3 Å². The fourth-order valence-electron chi connectivity index (χ4n) is 1.03. The van der Waals surface area contributed by atoms with Crippen molar-refractivity contribution in [2.45, 2.75) is 11.8 Å².